The van der Waals surface area contributed by atoms with E-state index in [9.17, 15) is 0 Å². The Morgan fingerprint density at radius 3 is 3.18 bits per heavy atom. The molecule has 0 spiro atoms. The number of anilines is 1. The Kier molecular flexibility index (Phi) is 3.59. The van der Waals surface area contributed by atoms with E-state index in [1.807, 2.05) is 0 Å². The summed E-state index contributed by atoms with van der Waals surface area (Å²) < 4.78 is 0. The van der Waals surface area contributed by atoms with Gasteiger partial charge in [-0.25, -0.2) is 0 Å². The van der Waals surface area contributed by atoms with Crippen molar-refractivity contribution in [1.82, 2.24) is 10.2 Å². The smallest absolute Gasteiger partial charge is 0.205 e. The third kappa shape index (κ3) is 3.03. The van der Waals surface area contributed by atoms with E-state index in [-0.39, 0.29) is 5.38 Å². The summed E-state index contributed by atoms with van der Waals surface area (Å²) in [4.78, 5) is 0. The molecule has 1 N–H and O–H groups in total. The predicted molar refractivity (Wildman–Crippen MR) is 48.3 cm³/mol. The van der Waals surface area contributed by atoms with E-state index in [4.69, 9.17) is 11.6 Å². The minimum Gasteiger partial charge on any atom is -0.359 e. The molecule has 0 aliphatic rings. The molecule has 0 amide bonds. The Morgan fingerprint density at radius 1 is 1.82 bits per heavy atom. The van der Waals surface area contributed by atoms with Gasteiger partial charge < -0.3 is 5.32 Å². The van der Waals surface area contributed by atoms with Crippen molar-refractivity contribution in [2.75, 3.05) is 11.9 Å². The molecule has 0 saturated heterocycles. The van der Waals surface area contributed by atoms with Crippen molar-refractivity contribution in [3.05, 3.63) is 5.51 Å². The predicted octanol–water partition coefficient (Wildman–Crippen LogP) is 1.97. The highest BCUT2D eigenvalue weighted by Crippen LogP contribution is 2.09. The maximum Gasteiger partial charge on any atom is 0.205 e. The van der Waals surface area contributed by atoms with Crippen LogP contribution in [0.5, 0.6) is 0 Å². The molecule has 1 aromatic heterocycles. The van der Waals surface area contributed by atoms with Crippen LogP contribution in [0.2, 0.25) is 0 Å². The van der Waals surface area contributed by atoms with Crippen LogP contribution in [0.1, 0.15) is 13.3 Å². The molecule has 0 fully saturated rings. The van der Waals surface area contributed by atoms with Gasteiger partial charge in [0.15, 0.2) is 0 Å². The molecule has 0 aromatic carbocycles. The van der Waals surface area contributed by atoms with Crippen LogP contribution in [-0.2, 0) is 0 Å². The summed E-state index contributed by atoms with van der Waals surface area (Å²) in [6, 6.07) is 0. The Balaban J connectivity index is 2.23. The monoisotopic (exact) mass is 191 g/mol. The van der Waals surface area contributed by atoms with Gasteiger partial charge in [0.1, 0.15) is 5.51 Å². The molecule has 1 aromatic rings. The quantitative estimate of drug-likeness (QED) is 0.740. The summed E-state index contributed by atoms with van der Waals surface area (Å²) in [5, 5.41) is 11.6. The van der Waals surface area contributed by atoms with E-state index in [0.717, 1.165) is 18.1 Å². The van der Waals surface area contributed by atoms with Crippen molar-refractivity contribution in [1.29, 1.82) is 0 Å². The minimum atomic E-state index is 0.180. The summed E-state index contributed by atoms with van der Waals surface area (Å²) in [5.74, 6) is 0. The van der Waals surface area contributed by atoms with Gasteiger partial charge in [-0.15, -0.1) is 21.8 Å². The molecule has 0 bridgehead atoms. The lowest BCUT2D eigenvalue weighted by Crippen LogP contribution is -2.12. The number of hydrogen-bond donors (Lipinski definition) is 1. The number of alkyl halides is 1. The van der Waals surface area contributed by atoms with Crippen LogP contribution in [0, 0.1) is 0 Å². The summed E-state index contributed by atoms with van der Waals surface area (Å²) in [6.45, 7) is 2.81. The van der Waals surface area contributed by atoms with Crippen LogP contribution in [-0.4, -0.2) is 22.1 Å². The number of nitrogens with one attached hydrogen (secondary N) is 1. The second kappa shape index (κ2) is 4.51. The zero-order valence-corrected chi connectivity index (χ0v) is 7.82. The van der Waals surface area contributed by atoms with Crippen molar-refractivity contribution < 1.29 is 0 Å². The molecule has 0 aliphatic heterocycles. The van der Waals surface area contributed by atoms with Gasteiger partial charge in [0.2, 0.25) is 5.13 Å². The summed E-state index contributed by atoms with van der Waals surface area (Å²) in [7, 11) is 0. The van der Waals surface area contributed by atoms with E-state index in [1.54, 1.807) is 5.51 Å². The van der Waals surface area contributed by atoms with Gasteiger partial charge in [-0.3, -0.25) is 0 Å². The van der Waals surface area contributed by atoms with Gasteiger partial charge >= 0.3 is 0 Å². The largest absolute Gasteiger partial charge is 0.359 e. The number of halogens is 1. The molecule has 1 heterocycles. The van der Waals surface area contributed by atoms with E-state index in [0.29, 0.717) is 0 Å². The van der Waals surface area contributed by atoms with Crippen LogP contribution in [0.3, 0.4) is 0 Å². The van der Waals surface area contributed by atoms with Crippen molar-refractivity contribution in [3.8, 4) is 0 Å². The molecule has 1 atom stereocenters. The SMILES string of the molecule is CCC(Cl)CNc1nncs1. The lowest BCUT2D eigenvalue weighted by molar-refractivity contribution is 0.840. The maximum absolute atomic E-state index is 5.88. The molecule has 1 unspecified atom stereocenters. The van der Waals surface area contributed by atoms with Gasteiger partial charge in [0, 0.05) is 6.54 Å². The van der Waals surface area contributed by atoms with E-state index in [1.165, 1.54) is 11.3 Å². The Morgan fingerprint density at radius 2 is 2.64 bits per heavy atom. The van der Waals surface area contributed by atoms with Gasteiger partial charge in [0.05, 0.1) is 5.38 Å². The highest BCUT2D eigenvalue weighted by Gasteiger charge is 2.01. The lowest BCUT2D eigenvalue weighted by Gasteiger charge is -2.05. The van der Waals surface area contributed by atoms with Crippen LogP contribution in [0.4, 0.5) is 5.13 Å². The second-order valence-electron chi connectivity index (χ2n) is 2.13. The fourth-order valence-electron chi connectivity index (χ4n) is 0.592. The first-order valence-corrected chi connectivity index (χ1v) is 4.78. The Bertz CT molecular complexity index is 190. The molecule has 11 heavy (non-hydrogen) atoms. The summed E-state index contributed by atoms with van der Waals surface area (Å²) >= 11 is 7.36. The fourth-order valence-corrected chi connectivity index (χ4v) is 1.12. The van der Waals surface area contributed by atoms with Crippen molar-refractivity contribution in [3.63, 3.8) is 0 Å². The second-order valence-corrected chi connectivity index (χ2v) is 3.58. The maximum atomic E-state index is 5.88. The molecule has 3 nitrogen and oxygen atoms in total. The van der Waals surface area contributed by atoms with E-state index >= 15 is 0 Å². The fraction of sp³-hybridized carbons (Fsp3) is 0.667. The van der Waals surface area contributed by atoms with Gasteiger partial charge in [-0.1, -0.05) is 18.3 Å². The number of aromatic nitrogens is 2. The zero-order chi connectivity index (χ0) is 8.10. The molecule has 0 saturated carbocycles. The molecule has 62 valence electrons. The summed E-state index contributed by atoms with van der Waals surface area (Å²) in [6.07, 6.45) is 0.966. The average Bonchev–Trinajstić information content (AvgIpc) is 2.52. The first kappa shape index (κ1) is 8.74. The van der Waals surface area contributed by atoms with Gasteiger partial charge in [-0.05, 0) is 6.42 Å². The minimum absolute atomic E-state index is 0.180. The van der Waals surface area contributed by atoms with Crippen molar-refractivity contribution in [2.45, 2.75) is 18.7 Å². The van der Waals surface area contributed by atoms with Gasteiger partial charge in [0.25, 0.3) is 0 Å². The van der Waals surface area contributed by atoms with Crippen LogP contribution in [0.25, 0.3) is 0 Å². The first-order chi connectivity index (χ1) is 5.33. The highest BCUT2D eigenvalue weighted by atomic mass is 35.5. The van der Waals surface area contributed by atoms with E-state index < -0.39 is 0 Å². The van der Waals surface area contributed by atoms with Crippen molar-refractivity contribution >= 4 is 28.1 Å². The van der Waals surface area contributed by atoms with E-state index in [2.05, 4.69) is 22.4 Å². The Labute approximate surface area is 74.8 Å². The van der Waals surface area contributed by atoms with Crippen LogP contribution < -0.4 is 5.32 Å². The van der Waals surface area contributed by atoms with Gasteiger partial charge in [-0.2, -0.15) is 0 Å². The third-order valence-electron chi connectivity index (χ3n) is 1.28. The lowest BCUT2D eigenvalue weighted by atomic mass is 10.3. The van der Waals surface area contributed by atoms with Crippen molar-refractivity contribution in [2.24, 2.45) is 0 Å². The molecule has 5 heteroatoms. The molecular weight excluding hydrogens is 182 g/mol. The molecular formula is C6H10ClN3S. The third-order valence-corrected chi connectivity index (χ3v) is 2.39. The average molecular weight is 192 g/mol. The number of nitrogens with zero attached hydrogens (tertiary/aromatic N) is 2. The summed E-state index contributed by atoms with van der Waals surface area (Å²) in [5.41, 5.74) is 1.69. The number of hydrogen-bond acceptors (Lipinski definition) is 4. The number of rotatable bonds is 4. The molecule has 1 rings (SSSR count). The zero-order valence-electron chi connectivity index (χ0n) is 6.25. The normalized spacial score (nSPS) is 12.9. The Hall–Kier alpha value is -0.350. The van der Waals surface area contributed by atoms with Crippen LogP contribution >= 0.6 is 22.9 Å². The molecule has 0 radical (unpaired) electrons. The highest BCUT2D eigenvalue weighted by molar-refractivity contribution is 7.13. The molecule has 0 aliphatic carbocycles. The van der Waals surface area contributed by atoms with Crippen LogP contribution in [0.15, 0.2) is 5.51 Å². The standard InChI is InChI=1S/C6H10ClN3S/c1-2-5(7)3-8-6-10-9-4-11-6/h4-5H,2-3H2,1H3,(H,8,10). The topological polar surface area (TPSA) is 37.8 Å². The first-order valence-electron chi connectivity index (χ1n) is 3.47.